The van der Waals surface area contributed by atoms with Crippen LogP contribution in [0.25, 0.3) is 0 Å². The van der Waals surface area contributed by atoms with Crippen LogP contribution >= 0.6 is 0 Å². The molecule has 0 saturated carbocycles. The first-order valence-electron chi connectivity index (χ1n) is 4.79. The summed E-state index contributed by atoms with van der Waals surface area (Å²) in [5, 5.41) is 6.43. The Bertz CT molecular complexity index is 384. The van der Waals surface area contributed by atoms with Gasteiger partial charge in [-0.25, -0.2) is 0 Å². The van der Waals surface area contributed by atoms with Crippen molar-refractivity contribution in [3.63, 3.8) is 0 Å². The number of carbonyl (C=O) groups is 1. The van der Waals surface area contributed by atoms with Crippen LogP contribution in [-0.2, 0) is 0 Å². The Labute approximate surface area is 88.6 Å². The maximum absolute atomic E-state index is 11.5. The summed E-state index contributed by atoms with van der Waals surface area (Å²) in [6.07, 6.45) is 0. The van der Waals surface area contributed by atoms with Gasteiger partial charge >= 0.3 is 0 Å². The van der Waals surface area contributed by atoms with Gasteiger partial charge in [-0.15, -0.1) is 0 Å². The molecule has 15 heavy (non-hydrogen) atoms. The van der Waals surface area contributed by atoms with Crippen LogP contribution in [0.2, 0.25) is 0 Å². The molecule has 80 valence electrons. The summed E-state index contributed by atoms with van der Waals surface area (Å²) in [6.45, 7) is 4.20. The second-order valence-corrected chi connectivity index (χ2v) is 2.96. The molecule has 0 fully saturated rings. The third-order valence-corrected chi connectivity index (χ3v) is 1.66. The third kappa shape index (κ3) is 3.81. The van der Waals surface area contributed by atoms with E-state index in [1.807, 2.05) is 19.1 Å². The van der Waals surface area contributed by atoms with Crippen molar-refractivity contribution in [2.45, 2.75) is 13.8 Å². The van der Waals surface area contributed by atoms with E-state index in [9.17, 15) is 4.79 Å². The summed E-state index contributed by atoms with van der Waals surface area (Å²) in [4.78, 5) is 11.5. The van der Waals surface area contributed by atoms with E-state index in [1.54, 1.807) is 25.1 Å². The van der Waals surface area contributed by atoms with Gasteiger partial charge in [0.15, 0.2) is 0 Å². The zero-order chi connectivity index (χ0) is 11.1. The summed E-state index contributed by atoms with van der Waals surface area (Å²) in [6, 6.07) is 8.75. The highest BCUT2D eigenvalue weighted by Crippen LogP contribution is 1.95. The molecule has 1 aromatic rings. The number of rotatable bonds is 2. The van der Waals surface area contributed by atoms with Crippen LogP contribution in [0.5, 0.6) is 0 Å². The van der Waals surface area contributed by atoms with Crippen molar-refractivity contribution in [2.75, 3.05) is 6.54 Å². The van der Waals surface area contributed by atoms with Crippen molar-refractivity contribution >= 4 is 5.91 Å². The Hall–Kier alpha value is -1.84. The predicted octanol–water partition coefficient (Wildman–Crippen LogP) is 1.86. The largest absolute Gasteiger partial charge is 0.351 e. The normalized spacial score (nSPS) is 9.20. The lowest BCUT2D eigenvalue weighted by atomic mass is 10.4. The molecule has 0 aliphatic rings. The Morgan fingerprint density at radius 3 is 2.87 bits per heavy atom. The van der Waals surface area contributed by atoms with Gasteiger partial charge in [0.25, 0.3) is 5.91 Å². The summed E-state index contributed by atoms with van der Waals surface area (Å²) in [7, 11) is 0. The molecule has 0 bridgehead atoms. The zero-order valence-corrected chi connectivity index (χ0v) is 8.86. The first kappa shape index (κ1) is 11.2. The van der Waals surface area contributed by atoms with Crippen LogP contribution in [0.15, 0.2) is 34.9 Å². The van der Waals surface area contributed by atoms with Gasteiger partial charge in [0.2, 0.25) is 5.76 Å². The van der Waals surface area contributed by atoms with Gasteiger partial charge in [-0.2, -0.15) is 0 Å². The summed E-state index contributed by atoms with van der Waals surface area (Å²) in [5.41, 5.74) is 0.705. The van der Waals surface area contributed by atoms with Gasteiger partial charge in [0.1, 0.15) is 0 Å². The number of nitrogens with zero attached hydrogens (tertiary/aromatic N) is 1. The molecule has 1 amide bonds. The zero-order valence-electron chi connectivity index (χ0n) is 8.86. The minimum atomic E-state index is -0.263. The fourth-order valence-corrected chi connectivity index (χ4v) is 0.949. The minimum absolute atomic E-state index is 0.191. The van der Waals surface area contributed by atoms with Crippen LogP contribution in [0.4, 0.5) is 0 Å². The van der Waals surface area contributed by atoms with E-state index in [2.05, 4.69) is 10.5 Å². The third-order valence-electron chi connectivity index (χ3n) is 1.66. The van der Waals surface area contributed by atoms with Crippen LogP contribution in [0.3, 0.4) is 0 Å². The van der Waals surface area contributed by atoms with E-state index < -0.39 is 0 Å². The second-order valence-electron chi connectivity index (χ2n) is 2.96. The Morgan fingerprint density at radius 1 is 1.40 bits per heavy atom. The number of aromatic nitrogens is 1. The molecule has 0 atom stereocenters. The number of hydrogen-bond acceptors (Lipinski definition) is 3. The SMILES string of the molecule is CCNC(=O)c1cccccc(C)no1. The van der Waals surface area contributed by atoms with Crippen molar-refractivity contribution in [3.8, 4) is 0 Å². The lowest BCUT2D eigenvalue weighted by molar-refractivity contribution is 0.0914. The molecule has 0 aliphatic carbocycles. The first-order chi connectivity index (χ1) is 7.24. The van der Waals surface area contributed by atoms with Crippen LogP contribution in [0.1, 0.15) is 23.2 Å². The molecule has 0 unspecified atom stereocenters. The highest BCUT2D eigenvalue weighted by Gasteiger charge is 2.04. The topological polar surface area (TPSA) is 55.1 Å². The van der Waals surface area contributed by atoms with Crippen LogP contribution in [-0.4, -0.2) is 17.6 Å². The van der Waals surface area contributed by atoms with E-state index in [0.29, 0.717) is 12.2 Å². The van der Waals surface area contributed by atoms with E-state index >= 15 is 0 Å². The molecule has 4 heteroatoms. The maximum Gasteiger partial charge on any atom is 0.289 e. The van der Waals surface area contributed by atoms with Crippen molar-refractivity contribution in [2.24, 2.45) is 0 Å². The Kier molecular flexibility index (Phi) is 4.34. The van der Waals surface area contributed by atoms with Gasteiger partial charge in [-0.1, -0.05) is 23.4 Å². The highest BCUT2D eigenvalue weighted by molar-refractivity contribution is 5.90. The van der Waals surface area contributed by atoms with Crippen molar-refractivity contribution in [1.82, 2.24) is 10.5 Å². The molecular formula is C11H14N2O2. The lowest BCUT2D eigenvalue weighted by Gasteiger charge is -1.96. The van der Waals surface area contributed by atoms with E-state index in [-0.39, 0.29) is 11.7 Å². The highest BCUT2D eigenvalue weighted by atomic mass is 16.5. The van der Waals surface area contributed by atoms with Gasteiger partial charge in [0, 0.05) is 6.54 Å². The van der Waals surface area contributed by atoms with E-state index in [4.69, 9.17) is 4.52 Å². The van der Waals surface area contributed by atoms with Gasteiger partial charge < -0.3 is 9.84 Å². The van der Waals surface area contributed by atoms with E-state index in [1.165, 1.54) is 0 Å². The maximum atomic E-state index is 11.5. The molecule has 0 spiro atoms. The standard InChI is InChI=1S/C11H14N2O2/c1-3-12-11(14)10-8-6-4-5-7-9(2)13-15-10/h4-8H,3H2,1-2H3,(H,12,14). The Balaban J connectivity index is 3.09. The average Bonchev–Trinajstić information content (AvgIpc) is 2.31. The smallest absolute Gasteiger partial charge is 0.289 e. The number of nitrogens with one attached hydrogen (secondary N) is 1. The summed E-state index contributed by atoms with van der Waals surface area (Å²) < 4.78 is 5.02. The molecule has 0 saturated heterocycles. The molecule has 0 radical (unpaired) electrons. The number of hydrogen-bond donors (Lipinski definition) is 1. The van der Waals surface area contributed by atoms with Gasteiger partial charge in [-0.05, 0) is 26.0 Å². The van der Waals surface area contributed by atoms with E-state index in [0.717, 1.165) is 0 Å². The van der Waals surface area contributed by atoms with Crippen LogP contribution in [0, 0.1) is 6.92 Å². The quantitative estimate of drug-likeness (QED) is 0.803. The fraction of sp³-hybridized carbons (Fsp3) is 0.273. The molecule has 0 aliphatic heterocycles. The number of carbonyl (C=O) groups excluding carboxylic acids is 1. The molecule has 1 heterocycles. The molecule has 0 aromatic carbocycles. The molecular weight excluding hydrogens is 192 g/mol. The van der Waals surface area contributed by atoms with Gasteiger partial charge in [-0.3, -0.25) is 4.79 Å². The lowest BCUT2D eigenvalue weighted by Crippen LogP contribution is -2.22. The number of aryl methyl sites for hydroxylation is 1. The molecule has 4 nitrogen and oxygen atoms in total. The van der Waals surface area contributed by atoms with Crippen molar-refractivity contribution < 1.29 is 9.32 Å². The predicted molar refractivity (Wildman–Crippen MR) is 56.9 cm³/mol. The molecule has 1 rings (SSSR count). The first-order valence-corrected chi connectivity index (χ1v) is 4.79. The van der Waals surface area contributed by atoms with Crippen LogP contribution < -0.4 is 5.32 Å². The fourth-order valence-electron chi connectivity index (χ4n) is 0.949. The monoisotopic (exact) mass is 206 g/mol. The van der Waals surface area contributed by atoms with Crippen molar-refractivity contribution in [1.29, 1.82) is 0 Å². The molecule has 1 aromatic heterocycles. The number of amides is 1. The van der Waals surface area contributed by atoms with Gasteiger partial charge in [0.05, 0.1) is 5.69 Å². The minimum Gasteiger partial charge on any atom is -0.351 e. The summed E-state index contributed by atoms with van der Waals surface area (Å²) >= 11 is 0. The van der Waals surface area contributed by atoms with Crippen molar-refractivity contribution in [3.05, 3.63) is 41.8 Å². The second kappa shape index (κ2) is 5.80. The summed E-state index contributed by atoms with van der Waals surface area (Å²) in [5.74, 6) is -0.0725. The Morgan fingerprint density at radius 2 is 2.13 bits per heavy atom. The average molecular weight is 206 g/mol. The molecule has 1 N–H and O–H groups in total.